The standard InChI is InChI=1S/C26H27F4N5O3/c1-15(24(36)34-23-6-4-19(13-32-23)38-22-5-3-18(27)10-21(22)28)35-8-7-26(29,30)20(14-35)16-9-17(11-31-2)25(37)33-12-16/h3-6,9-10,12-13,15,20,31H,7-8,11,14H2,1-2H3,(H,33,37)(H,32,34,36)/t15-,20+/m0/s1. The van der Waals surface area contributed by atoms with Crippen molar-refractivity contribution in [1.29, 1.82) is 0 Å². The van der Waals surface area contributed by atoms with E-state index in [1.807, 2.05) is 0 Å². The summed E-state index contributed by atoms with van der Waals surface area (Å²) in [5.74, 6) is -6.11. The van der Waals surface area contributed by atoms with Crippen molar-refractivity contribution in [2.75, 3.05) is 25.5 Å². The molecule has 38 heavy (non-hydrogen) atoms. The fraction of sp³-hybridized carbons (Fsp3) is 0.346. The van der Waals surface area contributed by atoms with Crippen molar-refractivity contribution in [3.8, 4) is 11.5 Å². The van der Waals surface area contributed by atoms with Crippen LogP contribution >= 0.6 is 0 Å². The smallest absolute Gasteiger partial charge is 0.257 e. The van der Waals surface area contributed by atoms with Gasteiger partial charge in [-0.05, 0) is 49.9 Å². The molecule has 202 valence electrons. The van der Waals surface area contributed by atoms with Crippen LogP contribution in [-0.4, -0.2) is 52.9 Å². The van der Waals surface area contributed by atoms with Crippen LogP contribution < -0.4 is 20.9 Å². The number of ether oxygens (including phenoxy) is 1. The van der Waals surface area contributed by atoms with Gasteiger partial charge in [0.2, 0.25) is 5.91 Å². The fourth-order valence-electron chi connectivity index (χ4n) is 4.30. The molecule has 12 heteroatoms. The summed E-state index contributed by atoms with van der Waals surface area (Å²) in [6, 6.07) is 6.52. The SMILES string of the molecule is CNCc1cc([C@H]2CN([C@@H](C)C(=O)Nc3ccc(Oc4ccc(F)cc4F)cn3)CCC2(F)F)c[nH]c1=O. The molecular formula is C26H27F4N5O3. The zero-order valence-electron chi connectivity index (χ0n) is 20.7. The van der Waals surface area contributed by atoms with Crippen molar-refractivity contribution in [1.82, 2.24) is 20.2 Å². The summed E-state index contributed by atoms with van der Waals surface area (Å²) in [4.78, 5) is 33.2. The Labute approximate surface area is 216 Å². The van der Waals surface area contributed by atoms with Gasteiger partial charge >= 0.3 is 0 Å². The van der Waals surface area contributed by atoms with E-state index in [1.165, 1.54) is 30.6 Å². The van der Waals surface area contributed by atoms with Gasteiger partial charge in [0, 0.05) is 43.9 Å². The molecule has 3 N–H and O–H groups in total. The number of alkyl halides is 2. The summed E-state index contributed by atoms with van der Waals surface area (Å²) in [6.45, 7) is 1.77. The molecule has 0 spiro atoms. The molecule has 2 aromatic heterocycles. The molecule has 1 saturated heterocycles. The summed E-state index contributed by atoms with van der Waals surface area (Å²) in [7, 11) is 1.66. The lowest BCUT2D eigenvalue weighted by molar-refractivity contribution is -0.125. The van der Waals surface area contributed by atoms with Gasteiger partial charge in [-0.25, -0.2) is 22.5 Å². The topological polar surface area (TPSA) is 99.3 Å². The predicted molar refractivity (Wildman–Crippen MR) is 132 cm³/mol. The lowest BCUT2D eigenvalue weighted by atomic mass is 9.86. The average molecular weight is 534 g/mol. The van der Waals surface area contributed by atoms with E-state index in [0.29, 0.717) is 17.2 Å². The van der Waals surface area contributed by atoms with Crippen molar-refractivity contribution < 1.29 is 27.1 Å². The number of nitrogens with one attached hydrogen (secondary N) is 3. The Morgan fingerprint density at radius 3 is 2.74 bits per heavy atom. The largest absolute Gasteiger partial charge is 0.453 e. The zero-order valence-corrected chi connectivity index (χ0v) is 20.7. The molecule has 4 rings (SSSR count). The molecule has 8 nitrogen and oxygen atoms in total. The summed E-state index contributed by atoms with van der Waals surface area (Å²) in [5, 5.41) is 5.49. The third-order valence-corrected chi connectivity index (χ3v) is 6.47. The Hall–Kier alpha value is -3.77. The zero-order chi connectivity index (χ0) is 27.4. The van der Waals surface area contributed by atoms with Crippen LogP contribution in [0.2, 0.25) is 0 Å². The van der Waals surface area contributed by atoms with Crippen LogP contribution in [0.3, 0.4) is 0 Å². The van der Waals surface area contributed by atoms with E-state index in [1.54, 1.807) is 18.9 Å². The number of benzene rings is 1. The summed E-state index contributed by atoms with van der Waals surface area (Å²) in [5.41, 5.74) is 0.301. The number of hydrogen-bond donors (Lipinski definition) is 3. The van der Waals surface area contributed by atoms with Gasteiger partial charge in [-0.3, -0.25) is 14.5 Å². The number of aromatic nitrogens is 2. The number of pyridine rings is 2. The maximum absolute atomic E-state index is 14.9. The van der Waals surface area contributed by atoms with Crippen molar-refractivity contribution in [2.45, 2.75) is 37.8 Å². The maximum Gasteiger partial charge on any atom is 0.257 e. The number of amides is 1. The van der Waals surface area contributed by atoms with E-state index in [-0.39, 0.29) is 42.5 Å². The molecule has 2 atom stereocenters. The van der Waals surface area contributed by atoms with E-state index < -0.39 is 41.8 Å². The number of piperidine rings is 1. The molecule has 1 aliphatic rings. The predicted octanol–water partition coefficient (Wildman–Crippen LogP) is 4.01. The highest BCUT2D eigenvalue weighted by atomic mass is 19.3. The van der Waals surface area contributed by atoms with E-state index in [9.17, 15) is 27.2 Å². The molecule has 3 aromatic rings. The number of carbonyl (C=O) groups is 1. The molecule has 3 heterocycles. The van der Waals surface area contributed by atoms with Crippen LogP contribution in [-0.2, 0) is 11.3 Å². The molecule has 1 aliphatic heterocycles. The third-order valence-electron chi connectivity index (χ3n) is 6.47. The molecule has 0 saturated carbocycles. The normalized spacial score (nSPS) is 18.1. The van der Waals surface area contributed by atoms with Gasteiger partial charge in [0.05, 0.1) is 18.2 Å². The van der Waals surface area contributed by atoms with Crippen LogP contribution in [0.15, 0.2) is 53.6 Å². The maximum atomic E-state index is 14.9. The molecule has 0 bridgehead atoms. The molecule has 1 amide bonds. The summed E-state index contributed by atoms with van der Waals surface area (Å²) < 4.78 is 62.0. The van der Waals surface area contributed by atoms with E-state index in [0.717, 1.165) is 12.1 Å². The highest BCUT2D eigenvalue weighted by Crippen LogP contribution is 2.40. The second-order valence-electron chi connectivity index (χ2n) is 9.10. The van der Waals surface area contributed by atoms with Crippen molar-refractivity contribution in [3.05, 3.63) is 81.9 Å². The summed E-state index contributed by atoms with van der Waals surface area (Å²) >= 11 is 0. The number of halogens is 4. The van der Waals surface area contributed by atoms with Crippen LogP contribution in [0.5, 0.6) is 11.5 Å². The van der Waals surface area contributed by atoms with Gasteiger partial charge in [0.15, 0.2) is 11.6 Å². The first-order chi connectivity index (χ1) is 18.1. The average Bonchev–Trinajstić information content (AvgIpc) is 2.88. The molecule has 0 radical (unpaired) electrons. The van der Waals surface area contributed by atoms with E-state index in [2.05, 4.69) is 20.6 Å². The summed E-state index contributed by atoms with van der Waals surface area (Å²) in [6.07, 6.45) is 2.12. The molecule has 0 aliphatic carbocycles. The monoisotopic (exact) mass is 533 g/mol. The van der Waals surface area contributed by atoms with Crippen LogP contribution in [0.4, 0.5) is 23.4 Å². The molecule has 1 fully saturated rings. The van der Waals surface area contributed by atoms with Gasteiger partial charge in [-0.2, -0.15) is 0 Å². The highest BCUT2D eigenvalue weighted by Gasteiger charge is 2.46. The van der Waals surface area contributed by atoms with Gasteiger partial charge in [0.25, 0.3) is 11.5 Å². The first kappa shape index (κ1) is 27.3. The number of hydrogen-bond acceptors (Lipinski definition) is 6. The number of anilines is 1. The Balaban J connectivity index is 1.41. The lowest BCUT2D eigenvalue weighted by Gasteiger charge is -2.40. The third kappa shape index (κ3) is 6.20. The minimum absolute atomic E-state index is 0.00819. The molecular weight excluding hydrogens is 506 g/mol. The Bertz CT molecular complexity index is 1350. The van der Waals surface area contributed by atoms with Gasteiger partial charge in [-0.15, -0.1) is 0 Å². The van der Waals surface area contributed by atoms with Gasteiger partial charge in [0.1, 0.15) is 17.4 Å². The lowest BCUT2D eigenvalue weighted by Crippen LogP contribution is -2.52. The van der Waals surface area contributed by atoms with E-state index >= 15 is 0 Å². The quantitative estimate of drug-likeness (QED) is 0.379. The Morgan fingerprint density at radius 2 is 2.05 bits per heavy atom. The highest BCUT2D eigenvalue weighted by molar-refractivity contribution is 5.93. The Morgan fingerprint density at radius 1 is 1.26 bits per heavy atom. The second-order valence-corrected chi connectivity index (χ2v) is 9.10. The van der Waals surface area contributed by atoms with E-state index in [4.69, 9.17) is 4.74 Å². The molecule has 0 unspecified atom stereocenters. The first-order valence-electron chi connectivity index (χ1n) is 11.9. The van der Waals surface area contributed by atoms with Crippen molar-refractivity contribution in [2.24, 2.45) is 0 Å². The first-order valence-corrected chi connectivity index (χ1v) is 11.9. The van der Waals surface area contributed by atoms with Crippen molar-refractivity contribution >= 4 is 11.7 Å². The number of rotatable bonds is 8. The van der Waals surface area contributed by atoms with Crippen LogP contribution in [0.1, 0.15) is 30.4 Å². The Kier molecular flexibility index (Phi) is 8.12. The van der Waals surface area contributed by atoms with Gasteiger partial charge in [-0.1, -0.05) is 0 Å². The second kappa shape index (κ2) is 11.3. The van der Waals surface area contributed by atoms with Crippen LogP contribution in [0.25, 0.3) is 0 Å². The fourth-order valence-corrected chi connectivity index (χ4v) is 4.30. The minimum atomic E-state index is -3.01. The van der Waals surface area contributed by atoms with Crippen LogP contribution in [0, 0.1) is 11.6 Å². The van der Waals surface area contributed by atoms with Crippen molar-refractivity contribution in [3.63, 3.8) is 0 Å². The van der Waals surface area contributed by atoms with Gasteiger partial charge < -0.3 is 20.4 Å². The number of H-pyrrole nitrogens is 1. The number of aromatic amines is 1. The number of likely N-dealkylation sites (tertiary alicyclic amines) is 1. The minimum Gasteiger partial charge on any atom is -0.453 e. The molecule has 1 aromatic carbocycles. The number of nitrogens with zero attached hydrogens (tertiary/aromatic N) is 2. The number of carbonyl (C=O) groups excluding carboxylic acids is 1.